The summed E-state index contributed by atoms with van der Waals surface area (Å²) >= 11 is 0. The third kappa shape index (κ3) is 15.1. The highest BCUT2D eigenvalue weighted by atomic mass is 16.8. The topological polar surface area (TPSA) is 877 Å². The van der Waals surface area contributed by atoms with Crippen molar-refractivity contribution in [3.8, 4) is 183 Å². The number of esters is 10. The van der Waals surface area contributed by atoms with Crippen LogP contribution in [0.1, 0.15) is 105 Å². The molecule has 0 amide bonds. The van der Waals surface area contributed by atoms with E-state index in [9.17, 15) is 167 Å². The van der Waals surface area contributed by atoms with Gasteiger partial charge in [-0.3, -0.25) is 0 Å². The van der Waals surface area contributed by atoms with Gasteiger partial charge in [0.15, 0.2) is 151 Å². The number of aliphatic hydroxyl groups excluding tert-OH is 3. The summed E-state index contributed by atoms with van der Waals surface area (Å²) in [7, 11) is 0. The first-order valence-corrected chi connectivity index (χ1v) is 37.4. The van der Waals surface area contributed by atoms with E-state index in [2.05, 4.69) is 0 Å². The van der Waals surface area contributed by atoms with E-state index in [0.29, 0.717) is 42.5 Å². The Morgan fingerprint density at radius 3 is 1.12 bits per heavy atom. The van der Waals surface area contributed by atoms with Crippen molar-refractivity contribution in [2.45, 2.75) is 73.4 Å². The smallest absolute Gasteiger partial charge is 0.344 e. The number of benzene rings is 9. The van der Waals surface area contributed by atoms with Gasteiger partial charge in [0, 0.05) is 33.9 Å². The number of phenols is 26. The monoisotopic (exact) mass is 1870 g/mol. The van der Waals surface area contributed by atoms with Gasteiger partial charge in [0.25, 0.3) is 0 Å². The maximum atomic E-state index is 15.4. The van der Waals surface area contributed by atoms with Gasteiger partial charge in [-0.05, 0) is 72.8 Å². The molecule has 0 saturated carbocycles. The van der Waals surface area contributed by atoms with E-state index in [1.54, 1.807) is 0 Å². The molecule has 1 aliphatic carbocycles. The van der Waals surface area contributed by atoms with E-state index in [-0.39, 0.29) is 36.4 Å². The van der Waals surface area contributed by atoms with Crippen LogP contribution in [0.25, 0.3) is 22.3 Å². The Balaban J connectivity index is 0.837. The highest BCUT2D eigenvalue weighted by Gasteiger charge is 2.59. The Labute approximate surface area is 736 Å². The second-order valence-corrected chi connectivity index (χ2v) is 29.4. The zero-order chi connectivity index (χ0) is 97.5. The maximum absolute atomic E-state index is 15.4. The SMILES string of the molecule is O=C1OC2C(COC(=O)c3cc(O)c(O)c(O)c3C3C1=CC(O)=C(O)[C@@H]3O)OC(OC(=O)c1cc(O)c(O)c(Oc3c(C(=O)OC4OC5COC(=O)c6cc(O)c(O)c(O)c6-c6c(cc(O)c(O)c6O)C(=O)OC5C5OC(=O)c6cc(O)c(O)c(O)c6-c6c(cc(O)c(O)c6O)C(=O)OC45)cc(O)c(O)c3O)c1)C(OC(=O)c1cc(O)c(O)c(O)c1)C2OC(=O)c1cc(O)c(O)c(O)c1. The van der Waals surface area contributed by atoms with Crippen molar-refractivity contribution in [2.75, 3.05) is 13.2 Å². The van der Waals surface area contributed by atoms with E-state index in [4.69, 9.17) is 61.6 Å². The average Bonchev–Trinajstić information content (AvgIpc) is 0.976. The molecule has 0 radical (unpaired) electrons. The van der Waals surface area contributed by atoms with Crippen LogP contribution in [-0.2, 0) is 61.6 Å². The molecule has 29 N–H and O–H groups in total. The molecule has 0 spiro atoms. The van der Waals surface area contributed by atoms with Crippen LogP contribution in [-0.4, -0.2) is 289 Å². The van der Waals surface area contributed by atoms with E-state index >= 15 is 28.8 Å². The lowest BCUT2D eigenvalue weighted by Crippen LogP contribution is -2.63. The Kier molecular flexibility index (Phi) is 22.3. The molecule has 2 saturated heterocycles. The summed E-state index contributed by atoms with van der Waals surface area (Å²) < 4.78 is 74.6. The molecule has 0 bridgehead atoms. The molecule has 134 heavy (non-hydrogen) atoms. The zero-order valence-corrected chi connectivity index (χ0v) is 65.7. The molecule has 6 aliphatic rings. The summed E-state index contributed by atoms with van der Waals surface area (Å²) in [5, 5.41) is 319. The Hall–Kier alpha value is -18.8. The molecule has 15 rings (SSSR count). The number of hydrogen-bond acceptors (Lipinski definition) is 52. The standard InChI is InChI=1S/C82H58O52/c83-26-1-16(2-27(84)47(26)95)71(112)129-67-65-39(14-122-74(115)19-7-31(88)50(98)57(105)41(19)43-21(76(117)127-65)9-33(90)52(100)59(43)107)125-81(69(67)131-72(113)17-3-28(85)48(96)29(86)4-17)133-73(114)18-5-30(87)49(97)38(6-18)124-64-25(13-37(94)56(104)63(64)111)80(121)134-82-70-68(130-78(119)23-11-35(92)54(102)61(109)45(23)46-24(79(120)132-70)12-36(93)55(103)62(46)110)66-40(126-82)15-123-75(116)20-8-32(89)51(99)58(106)42(20)44-22(77(118)128-66)10-34(91)53(101)60(44)108/h1-13,39-40,43,59,65-70,81-111H,14-15H2/t39?,40?,43?,59-,65?,66?,67?,68?,69?,70?,81?,82?/m1/s1. The average molecular weight is 1880 g/mol. The number of ether oxygens (including phenoxy) is 13. The first-order chi connectivity index (χ1) is 63.1. The summed E-state index contributed by atoms with van der Waals surface area (Å²) in [6, 6.07) is 3.66. The lowest BCUT2D eigenvalue weighted by atomic mass is 9.79. The molecule has 9 aromatic rings. The van der Waals surface area contributed by atoms with Gasteiger partial charge in [0.2, 0.25) is 70.8 Å². The second-order valence-electron chi connectivity index (χ2n) is 29.4. The van der Waals surface area contributed by atoms with Gasteiger partial charge >= 0.3 is 59.7 Å². The molecular weight excluding hydrogens is 1820 g/mol. The Bertz CT molecular complexity index is 6710. The van der Waals surface area contributed by atoms with Crippen LogP contribution in [0.5, 0.6) is 161 Å². The largest absolute Gasteiger partial charge is 0.506 e. The predicted molar refractivity (Wildman–Crippen MR) is 413 cm³/mol. The van der Waals surface area contributed by atoms with Crippen LogP contribution in [0.2, 0.25) is 0 Å². The molecule has 12 atom stereocenters. The van der Waals surface area contributed by atoms with E-state index < -0.39 is 402 Å². The molecule has 2 fully saturated rings. The highest BCUT2D eigenvalue weighted by molar-refractivity contribution is 6.11. The van der Waals surface area contributed by atoms with E-state index in [1.165, 1.54) is 0 Å². The number of hydrogen-bond donors (Lipinski definition) is 29. The van der Waals surface area contributed by atoms with Crippen LogP contribution in [0.4, 0.5) is 0 Å². The number of aliphatic hydroxyl groups is 3. The summed E-state index contributed by atoms with van der Waals surface area (Å²) in [4.78, 5) is 149. The van der Waals surface area contributed by atoms with Crippen LogP contribution < -0.4 is 4.74 Å². The van der Waals surface area contributed by atoms with Crippen molar-refractivity contribution in [1.29, 1.82) is 0 Å². The van der Waals surface area contributed by atoms with Crippen molar-refractivity contribution >= 4 is 59.7 Å². The number of cyclic esters (lactones) is 2. The van der Waals surface area contributed by atoms with E-state index in [0.717, 1.165) is 0 Å². The number of carbonyl (C=O) groups excluding carboxylic acids is 10. The summed E-state index contributed by atoms with van der Waals surface area (Å²) in [6.45, 7) is -3.11. The third-order valence-electron chi connectivity index (χ3n) is 21.3. The fraction of sp³-hybridized carbons (Fsp3) is 0.171. The predicted octanol–water partition coefficient (Wildman–Crippen LogP) is 3.03. The van der Waals surface area contributed by atoms with Gasteiger partial charge in [-0.2, -0.15) is 0 Å². The minimum atomic E-state index is -3.08. The van der Waals surface area contributed by atoms with Gasteiger partial charge in [0.05, 0.1) is 56.0 Å². The van der Waals surface area contributed by atoms with Gasteiger partial charge < -0.3 is 210 Å². The Morgan fingerprint density at radius 1 is 0.306 bits per heavy atom. The first kappa shape index (κ1) is 90.0. The summed E-state index contributed by atoms with van der Waals surface area (Å²) in [5.41, 5.74) is -18.5. The number of aromatic hydroxyl groups is 26. The zero-order valence-electron chi connectivity index (χ0n) is 65.7. The second kappa shape index (κ2) is 33.1. The van der Waals surface area contributed by atoms with Crippen molar-refractivity contribution in [1.82, 2.24) is 0 Å². The normalized spacial score (nSPS) is 21.4. The van der Waals surface area contributed by atoms with Crippen molar-refractivity contribution in [3.05, 3.63) is 152 Å². The molecule has 5 heterocycles. The van der Waals surface area contributed by atoms with Gasteiger partial charge in [-0.15, -0.1) is 0 Å². The first-order valence-electron chi connectivity index (χ1n) is 37.4. The Morgan fingerprint density at radius 2 is 0.649 bits per heavy atom. The maximum Gasteiger partial charge on any atom is 0.344 e. The number of fused-ring (bicyclic) bond motifs is 13. The van der Waals surface area contributed by atoms with Gasteiger partial charge in [-0.25, -0.2) is 47.9 Å². The lowest BCUT2D eigenvalue weighted by Gasteiger charge is -2.44. The number of rotatable bonds is 10. The lowest BCUT2D eigenvalue weighted by molar-refractivity contribution is -0.286. The van der Waals surface area contributed by atoms with Crippen molar-refractivity contribution in [2.24, 2.45) is 0 Å². The van der Waals surface area contributed by atoms with Crippen LogP contribution in [0.15, 0.2) is 96.0 Å². The third-order valence-corrected chi connectivity index (χ3v) is 21.3. The number of phenolic OH excluding ortho intramolecular Hbond substituents is 26. The molecule has 52 nitrogen and oxygen atoms in total. The quantitative estimate of drug-likeness (QED) is 0.0531. The van der Waals surface area contributed by atoms with E-state index in [1.807, 2.05) is 0 Å². The van der Waals surface area contributed by atoms with Crippen molar-refractivity contribution < 1.29 is 258 Å². The highest BCUT2D eigenvalue weighted by Crippen LogP contribution is 2.59. The van der Waals surface area contributed by atoms with Gasteiger partial charge in [0.1, 0.15) is 37.1 Å². The van der Waals surface area contributed by atoms with Crippen LogP contribution >= 0.6 is 0 Å². The van der Waals surface area contributed by atoms with Crippen LogP contribution in [0.3, 0.4) is 0 Å². The minimum absolute atomic E-state index is 0.110. The molecule has 9 aromatic carbocycles. The molecule has 5 aliphatic heterocycles. The van der Waals surface area contributed by atoms with Crippen LogP contribution in [0, 0.1) is 0 Å². The fourth-order valence-electron chi connectivity index (χ4n) is 14.9. The molecular formula is C82H58O52. The van der Waals surface area contributed by atoms with Crippen molar-refractivity contribution in [3.63, 3.8) is 0 Å². The molecule has 698 valence electrons. The molecule has 0 aromatic heterocycles. The fourth-order valence-corrected chi connectivity index (χ4v) is 14.9. The summed E-state index contributed by atoms with van der Waals surface area (Å²) in [6.07, 6.45) is -30.7. The number of allylic oxidation sites excluding steroid dienone is 1. The van der Waals surface area contributed by atoms with Gasteiger partial charge in [-0.1, -0.05) is 0 Å². The number of carbonyl (C=O) groups is 10. The summed E-state index contributed by atoms with van der Waals surface area (Å²) in [5.74, 6) is -67.2. The minimum Gasteiger partial charge on any atom is -0.506 e. The molecule has 11 unspecified atom stereocenters. The molecule has 52 heteroatoms.